The summed E-state index contributed by atoms with van der Waals surface area (Å²) < 4.78 is 17.8. The van der Waals surface area contributed by atoms with E-state index in [2.05, 4.69) is 125 Å². The van der Waals surface area contributed by atoms with E-state index < -0.39 is 0 Å². The van der Waals surface area contributed by atoms with E-state index in [4.69, 9.17) is 0 Å². The van der Waals surface area contributed by atoms with Crippen LogP contribution in [0.25, 0.3) is 27.5 Å². The third-order valence-electron chi connectivity index (χ3n) is 8.30. The smallest absolute Gasteiger partial charge is 0.156 e. The zero-order chi connectivity index (χ0) is 30.9. The second-order valence-electron chi connectivity index (χ2n) is 11.1. The van der Waals surface area contributed by atoms with Gasteiger partial charge in [0.25, 0.3) is 0 Å². The van der Waals surface area contributed by atoms with Gasteiger partial charge in [-0.05, 0) is 84.9 Å². The van der Waals surface area contributed by atoms with Crippen molar-refractivity contribution in [3.8, 4) is 5.69 Å². The van der Waals surface area contributed by atoms with Crippen molar-refractivity contribution in [1.82, 2.24) is 4.57 Å². The normalized spacial score (nSPS) is 11.0. The third-order valence-corrected chi connectivity index (χ3v) is 8.30. The number of rotatable bonds is 7. The van der Waals surface area contributed by atoms with E-state index in [1.54, 1.807) is 6.07 Å². The van der Waals surface area contributed by atoms with E-state index >= 15 is 4.39 Å². The number of benzene rings is 6. The van der Waals surface area contributed by atoms with Gasteiger partial charge in [-0.1, -0.05) is 84.9 Å². The lowest BCUT2D eigenvalue weighted by Gasteiger charge is -2.28. The van der Waals surface area contributed by atoms with E-state index in [0.717, 1.165) is 55.9 Å². The number of aromatic nitrogens is 1. The molecule has 0 radical (unpaired) electrons. The zero-order valence-corrected chi connectivity index (χ0v) is 24.9. The Kier molecular flexibility index (Phi) is 6.90. The summed E-state index contributed by atoms with van der Waals surface area (Å²) in [7, 11) is 0. The molecular formula is C42H28FN3. The van der Waals surface area contributed by atoms with Crippen molar-refractivity contribution in [1.29, 1.82) is 0 Å². The molecule has 1 aromatic heterocycles. The van der Waals surface area contributed by atoms with Crippen LogP contribution in [0.2, 0.25) is 0 Å². The minimum absolute atomic E-state index is 0.371. The summed E-state index contributed by atoms with van der Waals surface area (Å²) in [5.74, 6) is -0.371. The van der Waals surface area contributed by atoms with Crippen molar-refractivity contribution in [2.24, 2.45) is 0 Å². The molecule has 0 aliphatic carbocycles. The minimum Gasteiger partial charge on any atom is -0.311 e. The van der Waals surface area contributed by atoms with Crippen molar-refractivity contribution in [3.63, 3.8) is 0 Å². The maximum absolute atomic E-state index is 15.5. The highest BCUT2D eigenvalue weighted by Gasteiger charge is 2.20. The molecule has 0 bridgehead atoms. The van der Waals surface area contributed by atoms with Gasteiger partial charge in [-0.15, -0.1) is 0 Å². The first-order valence-corrected chi connectivity index (χ1v) is 15.2. The topological polar surface area (TPSA) is 11.4 Å². The van der Waals surface area contributed by atoms with E-state index in [1.807, 2.05) is 59.5 Å². The summed E-state index contributed by atoms with van der Waals surface area (Å²) >= 11 is 0. The van der Waals surface area contributed by atoms with Gasteiger partial charge >= 0.3 is 0 Å². The van der Waals surface area contributed by atoms with Crippen LogP contribution in [0.5, 0.6) is 0 Å². The van der Waals surface area contributed by atoms with Gasteiger partial charge in [0.2, 0.25) is 0 Å². The molecule has 4 heteroatoms. The molecule has 7 aromatic carbocycles. The molecule has 0 aliphatic rings. The Morgan fingerprint density at radius 3 is 1.59 bits per heavy atom. The number of hydrogen-bond acceptors (Lipinski definition) is 2. The lowest BCUT2D eigenvalue weighted by atomic mass is 10.1. The van der Waals surface area contributed by atoms with Crippen LogP contribution in [-0.2, 0) is 0 Å². The summed E-state index contributed by atoms with van der Waals surface area (Å²) in [4.78, 5) is 4.16. The summed E-state index contributed by atoms with van der Waals surface area (Å²) in [5.41, 5.74) is 8.47. The van der Waals surface area contributed by atoms with Gasteiger partial charge in [0.05, 0.1) is 16.7 Å². The van der Waals surface area contributed by atoms with Gasteiger partial charge in [0.15, 0.2) is 5.82 Å². The van der Waals surface area contributed by atoms with Crippen molar-refractivity contribution in [2.75, 3.05) is 9.80 Å². The lowest BCUT2D eigenvalue weighted by molar-refractivity contribution is 0.629. The fourth-order valence-corrected chi connectivity index (χ4v) is 6.26. The molecular weight excluding hydrogens is 565 g/mol. The van der Waals surface area contributed by atoms with E-state index in [9.17, 15) is 0 Å². The van der Waals surface area contributed by atoms with Gasteiger partial charge in [-0.3, -0.25) is 0 Å². The van der Waals surface area contributed by atoms with Crippen molar-refractivity contribution < 1.29 is 4.39 Å². The number of halogens is 1. The molecule has 46 heavy (non-hydrogen) atoms. The molecule has 0 atom stereocenters. The van der Waals surface area contributed by atoms with Crippen molar-refractivity contribution in [2.45, 2.75) is 0 Å². The van der Waals surface area contributed by atoms with Crippen molar-refractivity contribution >= 4 is 55.9 Å². The molecule has 0 saturated carbocycles. The van der Waals surface area contributed by atoms with Crippen LogP contribution >= 0.6 is 0 Å². The highest BCUT2D eigenvalue weighted by molar-refractivity contribution is 6.10. The van der Waals surface area contributed by atoms with Crippen LogP contribution in [0.1, 0.15) is 0 Å². The Hall–Kier alpha value is -6.31. The van der Waals surface area contributed by atoms with Crippen LogP contribution in [-0.4, -0.2) is 4.57 Å². The lowest BCUT2D eigenvalue weighted by Crippen LogP contribution is -2.13. The second kappa shape index (κ2) is 11.6. The Labute approximate surface area is 267 Å². The van der Waals surface area contributed by atoms with Gasteiger partial charge in [-0.2, -0.15) is 0 Å². The molecule has 218 valence electrons. The average molecular weight is 594 g/mol. The van der Waals surface area contributed by atoms with Gasteiger partial charge < -0.3 is 14.4 Å². The Bertz CT molecular complexity index is 2220. The van der Waals surface area contributed by atoms with Crippen LogP contribution in [0.4, 0.5) is 38.5 Å². The van der Waals surface area contributed by atoms with E-state index in [0.29, 0.717) is 5.69 Å². The molecule has 0 unspecified atom stereocenters. The van der Waals surface area contributed by atoms with Crippen LogP contribution in [0.3, 0.4) is 0 Å². The first-order valence-electron chi connectivity index (χ1n) is 15.2. The average Bonchev–Trinajstić information content (AvgIpc) is 3.45. The van der Waals surface area contributed by atoms with E-state index in [1.165, 1.54) is 6.07 Å². The number of para-hydroxylation sites is 4. The molecule has 0 fully saturated rings. The SMILES string of the molecule is Fc1cc#ccc1N(c1ccc(N(c2ccccc2)c2ccccc2)cc1)c1ccc2c(c1)c1ccccc1n2-c1ccccc1. The second-order valence-corrected chi connectivity index (χ2v) is 11.1. The van der Waals surface area contributed by atoms with Crippen LogP contribution in [0.15, 0.2) is 170 Å². The number of anilines is 6. The quantitative estimate of drug-likeness (QED) is 0.182. The number of fused-ring (bicyclic) bond motifs is 3. The first kappa shape index (κ1) is 27.3. The predicted octanol–water partition coefficient (Wildman–Crippen LogP) is 11.5. The highest BCUT2D eigenvalue weighted by Crippen LogP contribution is 2.42. The summed E-state index contributed by atoms with van der Waals surface area (Å²) in [6, 6.07) is 62.7. The van der Waals surface area contributed by atoms with Crippen LogP contribution < -0.4 is 9.80 Å². The molecule has 8 aromatic rings. The Morgan fingerprint density at radius 1 is 0.435 bits per heavy atom. The molecule has 0 saturated heterocycles. The van der Waals surface area contributed by atoms with Gasteiger partial charge in [0.1, 0.15) is 0 Å². The fourth-order valence-electron chi connectivity index (χ4n) is 6.26. The Balaban J connectivity index is 1.28. The van der Waals surface area contributed by atoms with Gasteiger partial charge in [0, 0.05) is 57.0 Å². The molecule has 0 amide bonds. The van der Waals surface area contributed by atoms with Crippen LogP contribution in [0, 0.1) is 17.9 Å². The first-order chi connectivity index (χ1) is 22.8. The number of nitrogens with zero attached hydrogens (tertiary/aromatic N) is 3. The molecule has 0 aliphatic heterocycles. The third kappa shape index (κ3) is 4.81. The van der Waals surface area contributed by atoms with Gasteiger partial charge in [-0.25, -0.2) is 4.39 Å². The molecule has 0 spiro atoms. The molecule has 8 rings (SSSR count). The molecule has 3 nitrogen and oxygen atoms in total. The summed E-state index contributed by atoms with van der Waals surface area (Å²) in [6.07, 6.45) is 0. The largest absolute Gasteiger partial charge is 0.311 e. The molecule has 1 heterocycles. The maximum atomic E-state index is 15.5. The number of hydrogen-bond donors (Lipinski definition) is 0. The standard InChI is InChI=1S/C42H28FN3/c43-39-21-11-13-23-42(39)45(35-26-24-34(25-27-35)44(31-14-4-1-5-15-31)32-16-6-2-7-17-32)36-28-29-41-38(30-36)37-20-10-12-22-40(37)46(41)33-18-8-3-9-19-33/h1-10,12,14-30H. The molecule has 0 N–H and O–H groups in total. The van der Waals surface area contributed by atoms with Crippen molar-refractivity contribution in [3.05, 3.63) is 188 Å². The summed E-state index contributed by atoms with van der Waals surface area (Å²) in [5, 5.41) is 2.22. The summed E-state index contributed by atoms with van der Waals surface area (Å²) in [6.45, 7) is 0. The minimum atomic E-state index is -0.371. The van der Waals surface area contributed by atoms with E-state index in [-0.39, 0.29) is 5.82 Å². The monoisotopic (exact) mass is 593 g/mol. The fraction of sp³-hybridized carbons (Fsp3) is 0. The maximum Gasteiger partial charge on any atom is 0.156 e. The highest BCUT2D eigenvalue weighted by atomic mass is 19.1. The Morgan fingerprint density at radius 2 is 0.935 bits per heavy atom. The predicted molar refractivity (Wildman–Crippen MR) is 188 cm³/mol. The zero-order valence-electron chi connectivity index (χ0n) is 24.9.